The third kappa shape index (κ3) is 4.67. The van der Waals surface area contributed by atoms with E-state index in [4.69, 9.17) is 15.2 Å². The molecule has 1 aromatic rings. The highest BCUT2D eigenvalue weighted by molar-refractivity contribution is 7.32. The molecular formula is C9H11N3O5P+. The van der Waals surface area contributed by atoms with Crippen LogP contribution in [0.2, 0.25) is 0 Å². The Hall–Kier alpha value is -1.69. The molecule has 0 saturated heterocycles. The number of benzene rings is 1. The number of aliphatic hydroxyl groups excluding tert-OH is 1. The number of hydrogen-bond donors (Lipinski definition) is 2. The van der Waals surface area contributed by atoms with Crippen LogP contribution in [0.25, 0.3) is 10.4 Å². The van der Waals surface area contributed by atoms with Gasteiger partial charge in [0.15, 0.2) is 6.23 Å². The van der Waals surface area contributed by atoms with Crippen molar-refractivity contribution in [1.29, 1.82) is 0 Å². The van der Waals surface area contributed by atoms with E-state index in [0.717, 1.165) is 0 Å². The average Bonchev–Trinajstić information content (AvgIpc) is 2.29. The summed E-state index contributed by atoms with van der Waals surface area (Å²) in [5.74, 6) is 0.430. The van der Waals surface area contributed by atoms with Crippen molar-refractivity contribution in [3.05, 3.63) is 40.3 Å². The monoisotopic (exact) mass is 272 g/mol. The molecule has 0 fully saturated rings. The van der Waals surface area contributed by atoms with Gasteiger partial charge in [0.25, 0.3) is 0 Å². The van der Waals surface area contributed by atoms with Crippen molar-refractivity contribution in [2.75, 3.05) is 0 Å². The zero-order chi connectivity index (χ0) is 13.5. The zero-order valence-corrected chi connectivity index (χ0v) is 10.3. The van der Waals surface area contributed by atoms with Gasteiger partial charge in [-0.05, 0) is 24.6 Å². The van der Waals surface area contributed by atoms with E-state index in [1.165, 1.54) is 24.3 Å². The Bertz CT molecular complexity index is 460. The maximum absolute atomic E-state index is 10.4. The maximum Gasteiger partial charge on any atom is 0.697 e. The van der Waals surface area contributed by atoms with E-state index in [-0.39, 0.29) is 0 Å². The van der Waals surface area contributed by atoms with E-state index < -0.39 is 20.8 Å². The predicted octanol–water partition coefficient (Wildman–Crippen LogP) is 2.38. The number of rotatable bonds is 6. The number of nitrogens with zero attached hydrogens (tertiary/aromatic N) is 3. The molecule has 1 aromatic carbocycles. The first-order valence-electron chi connectivity index (χ1n) is 4.84. The van der Waals surface area contributed by atoms with Gasteiger partial charge in [-0.3, -0.25) is 0 Å². The van der Waals surface area contributed by atoms with E-state index in [1.54, 1.807) is 6.92 Å². The smallest absolute Gasteiger partial charge is 0.485 e. The van der Waals surface area contributed by atoms with Gasteiger partial charge in [0.1, 0.15) is 5.75 Å². The van der Waals surface area contributed by atoms with Gasteiger partial charge in [0.05, 0.1) is 0 Å². The van der Waals surface area contributed by atoms with Crippen LogP contribution in [0.15, 0.2) is 29.4 Å². The molecule has 0 amide bonds. The van der Waals surface area contributed by atoms with Crippen LogP contribution < -0.4 is 4.74 Å². The molecular weight excluding hydrogens is 261 g/mol. The lowest BCUT2D eigenvalue weighted by Crippen LogP contribution is -2.07. The van der Waals surface area contributed by atoms with Crippen LogP contribution in [0, 0.1) is 0 Å². The Balaban J connectivity index is 2.67. The van der Waals surface area contributed by atoms with Crippen molar-refractivity contribution in [1.82, 2.24) is 0 Å². The van der Waals surface area contributed by atoms with Gasteiger partial charge in [-0.1, -0.05) is 21.8 Å². The fraction of sp³-hybridized carbons (Fsp3) is 0.333. The maximum atomic E-state index is 10.4. The molecule has 0 radical (unpaired) electrons. The molecule has 1 rings (SSSR count). The molecule has 0 heterocycles. The van der Waals surface area contributed by atoms with Gasteiger partial charge in [0.2, 0.25) is 6.29 Å². The van der Waals surface area contributed by atoms with E-state index >= 15 is 0 Å². The number of ether oxygens (including phenoxy) is 1. The summed E-state index contributed by atoms with van der Waals surface area (Å²) in [5.41, 5.74) is 8.49. The Labute approximate surface area is 103 Å². The molecule has 0 aliphatic heterocycles. The standard InChI is InChI=1S/C9H10N3O5P/c1-6(11-12-10)16-8-4-2-7(3-5-8)9(13)17-18(14)15/h2-6,9,13H,1H3/p+1. The van der Waals surface area contributed by atoms with E-state index in [1.807, 2.05) is 0 Å². The molecule has 8 nitrogen and oxygen atoms in total. The van der Waals surface area contributed by atoms with Crippen LogP contribution in [0.4, 0.5) is 0 Å². The van der Waals surface area contributed by atoms with Crippen molar-refractivity contribution in [3.8, 4) is 5.75 Å². The van der Waals surface area contributed by atoms with Crippen LogP contribution in [-0.4, -0.2) is 16.2 Å². The Morgan fingerprint density at radius 2 is 2.06 bits per heavy atom. The first kappa shape index (κ1) is 14.4. The lowest BCUT2D eigenvalue weighted by Gasteiger charge is -2.10. The average molecular weight is 272 g/mol. The Morgan fingerprint density at radius 3 is 2.56 bits per heavy atom. The summed E-state index contributed by atoms with van der Waals surface area (Å²) in [7, 11) is -2.88. The number of aliphatic hydroxyl groups is 1. The van der Waals surface area contributed by atoms with Gasteiger partial charge < -0.3 is 9.84 Å². The normalized spacial score (nSPS) is 14.3. The molecule has 96 valence electrons. The third-order valence-electron chi connectivity index (χ3n) is 1.88. The van der Waals surface area contributed by atoms with Crippen molar-refractivity contribution < 1.29 is 23.8 Å². The molecule has 0 aliphatic carbocycles. The van der Waals surface area contributed by atoms with Crippen LogP contribution in [-0.2, 0) is 9.09 Å². The van der Waals surface area contributed by atoms with Crippen molar-refractivity contribution in [3.63, 3.8) is 0 Å². The Morgan fingerprint density at radius 1 is 1.44 bits per heavy atom. The summed E-state index contributed by atoms with van der Waals surface area (Å²) >= 11 is 0. The largest absolute Gasteiger partial charge is 0.697 e. The molecule has 3 unspecified atom stereocenters. The zero-order valence-electron chi connectivity index (χ0n) is 9.37. The molecule has 0 bridgehead atoms. The van der Waals surface area contributed by atoms with Crippen LogP contribution >= 0.6 is 8.25 Å². The summed E-state index contributed by atoms with van der Waals surface area (Å²) in [6.45, 7) is 1.57. The highest BCUT2D eigenvalue weighted by atomic mass is 31.1. The fourth-order valence-corrected chi connectivity index (χ4v) is 1.44. The van der Waals surface area contributed by atoms with Gasteiger partial charge >= 0.3 is 8.25 Å². The topological polar surface area (TPSA) is 125 Å². The summed E-state index contributed by atoms with van der Waals surface area (Å²) < 4.78 is 19.9. The van der Waals surface area contributed by atoms with E-state index in [9.17, 15) is 9.67 Å². The second-order valence-electron chi connectivity index (χ2n) is 3.19. The minimum absolute atomic E-state index is 0.302. The summed E-state index contributed by atoms with van der Waals surface area (Å²) in [4.78, 5) is 11.1. The summed E-state index contributed by atoms with van der Waals surface area (Å²) in [6.07, 6.45) is -2.14. The van der Waals surface area contributed by atoms with Crippen LogP contribution in [0.3, 0.4) is 0 Å². The number of hydrogen-bond acceptors (Lipinski definition) is 5. The molecule has 2 N–H and O–H groups in total. The first-order chi connectivity index (χ1) is 8.52. The number of azide groups is 1. The van der Waals surface area contributed by atoms with Gasteiger partial charge in [-0.2, -0.15) is 0 Å². The molecule has 0 aliphatic rings. The lowest BCUT2D eigenvalue weighted by molar-refractivity contribution is -0.0207. The minimum atomic E-state index is -2.88. The molecule has 3 atom stereocenters. The highest BCUT2D eigenvalue weighted by Crippen LogP contribution is 2.27. The van der Waals surface area contributed by atoms with E-state index in [0.29, 0.717) is 11.3 Å². The molecule has 0 spiro atoms. The Kier molecular flexibility index (Phi) is 5.51. The van der Waals surface area contributed by atoms with Gasteiger partial charge in [-0.25, -0.2) is 0 Å². The summed E-state index contributed by atoms with van der Waals surface area (Å²) in [6, 6.07) is 5.94. The third-order valence-corrected chi connectivity index (χ3v) is 2.26. The SMILES string of the molecule is CC(N=[N+]=[N-])Oc1ccc(C(O)O[P+](=O)O)cc1. The van der Waals surface area contributed by atoms with Gasteiger partial charge in [0, 0.05) is 15.0 Å². The second kappa shape index (κ2) is 6.90. The molecule has 0 saturated carbocycles. The van der Waals surface area contributed by atoms with Crippen LogP contribution in [0.5, 0.6) is 5.75 Å². The second-order valence-corrected chi connectivity index (χ2v) is 3.87. The predicted molar refractivity (Wildman–Crippen MR) is 61.5 cm³/mol. The molecule has 18 heavy (non-hydrogen) atoms. The molecule has 0 aromatic heterocycles. The summed E-state index contributed by atoms with van der Waals surface area (Å²) in [5, 5.41) is 12.7. The van der Waals surface area contributed by atoms with Crippen molar-refractivity contribution >= 4 is 8.25 Å². The van der Waals surface area contributed by atoms with Crippen molar-refractivity contribution in [2.45, 2.75) is 19.4 Å². The fourth-order valence-electron chi connectivity index (χ4n) is 1.15. The van der Waals surface area contributed by atoms with E-state index in [2.05, 4.69) is 14.5 Å². The first-order valence-corrected chi connectivity index (χ1v) is 5.97. The minimum Gasteiger partial charge on any atom is -0.485 e. The quantitative estimate of drug-likeness (QED) is 0.270. The molecule has 9 heteroatoms. The van der Waals surface area contributed by atoms with Crippen molar-refractivity contribution in [2.24, 2.45) is 5.11 Å². The lowest BCUT2D eigenvalue weighted by atomic mass is 10.2. The van der Waals surface area contributed by atoms with Crippen LogP contribution in [0.1, 0.15) is 18.8 Å². The van der Waals surface area contributed by atoms with Gasteiger partial charge in [-0.15, -0.1) is 4.89 Å². The highest BCUT2D eigenvalue weighted by Gasteiger charge is 2.22.